The molecule has 3 nitrogen and oxygen atoms in total. The molecular weight excluding hydrogens is 248 g/mol. The Labute approximate surface area is 117 Å². The zero-order valence-electron chi connectivity index (χ0n) is 11.0. The third kappa shape index (κ3) is 1.67. The predicted octanol–water partition coefficient (Wildman–Crippen LogP) is 1.87. The van der Waals surface area contributed by atoms with E-state index in [2.05, 4.69) is 17.6 Å². The van der Waals surface area contributed by atoms with E-state index in [9.17, 15) is 4.79 Å². The molecule has 1 heterocycles. The highest BCUT2D eigenvalue weighted by atomic mass is 16.2. The molecule has 20 heavy (non-hydrogen) atoms. The average Bonchev–Trinajstić information content (AvgIpc) is 2.99. The zero-order valence-corrected chi connectivity index (χ0v) is 11.0. The summed E-state index contributed by atoms with van der Waals surface area (Å²) < 4.78 is 1.97. The minimum Gasteiger partial charge on any atom is -0.268 e. The predicted molar refractivity (Wildman–Crippen MR) is 76.7 cm³/mol. The van der Waals surface area contributed by atoms with Crippen molar-refractivity contribution in [3.63, 3.8) is 0 Å². The van der Waals surface area contributed by atoms with Gasteiger partial charge in [-0.1, -0.05) is 42.5 Å². The van der Waals surface area contributed by atoms with Gasteiger partial charge in [0.05, 0.1) is 0 Å². The monoisotopic (exact) mass is 263 g/mol. The minimum atomic E-state index is -0.0360. The maximum atomic E-state index is 12.2. The summed E-state index contributed by atoms with van der Waals surface area (Å²) in [7, 11) is 0. The molecule has 2 aromatic rings. The molecule has 2 aromatic carbocycles. The number of hydrazone groups is 1. The number of amides is 1. The van der Waals surface area contributed by atoms with Gasteiger partial charge in [-0.15, -0.1) is 10.1 Å². The largest absolute Gasteiger partial charge is 0.288 e. The number of nitrogens with one attached hydrogen (secondary N) is 1. The van der Waals surface area contributed by atoms with Gasteiger partial charge in [0.2, 0.25) is 12.3 Å². The van der Waals surface area contributed by atoms with E-state index in [0.29, 0.717) is 0 Å². The number of hydrazine groups is 1. The van der Waals surface area contributed by atoms with E-state index < -0.39 is 0 Å². The Hall–Kier alpha value is -2.42. The fourth-order valence-electron chi connectivity index (χ4n) is 3.26. The van der Waals surface area contributed by atoms with Crippen LogP contribution in [0.3, 0.4) is 0 Å². The smallest absolute Gasteiger partial charge is 0.268 e. The first-order valence-electron chi connectivity index (χ1n) is 6.89. The number of carbonyl (C=O) groups excluding carboxylic acids is 1. The first-order chi connectivity index (χ1) is 9.83. The van der Waals surface area contributed by atoms with Gasteiger partial charge in [0.1, 0.15) is 5.92 Å². The van der Waals surface area contributed by atoms with E-state index in [4.69, 9.17) is 0 Å². The van der Waals surface area contributed by atoms with Crippen LogP contribution in [0.2, 0.25) is 0 Å². The van der Waals surface area contributed by atoms with Crippen molar-refractivity contribution in [1.29, 1.82) is 0 Å². The fourth-order valence-corrected chi connectivity index (χ4v) is 3.26. The van der Waals surface area contributed by atoms with Crippen LogP contribution in [0.1, 0.15) is 22.6 Å². The molecule has 0 spiro atoms. The van der Waals surface area contributed by atoms with Gasteiger partial charge in [0.25, 0.3) is 5.91 Å². The Morgan fingerprint density at radius 2 is 1.80 bits per heavy atom. The van der Waals surface area contributed by atoms with Gasteiger partial charge in [-0.05, 0) is 23.3 Å². The molecule has 2 atom stereocenters. The molecule has 1 amide bonds. The molecule has 2 aliphatic rings. The van der Waals surface area contributed by atoms with E-state index in [1.54, 1.807) is 0 Å². The highest BCUT2D eigenvalue weighted by molar-refractivity contribution is 5.87. The summed E-state index contributed by atoms with van der Waals surface area (Å²) in [4.78, 5) is 12.2. The SMILES string of the molecule is O=C1N/[N+](=C\c2ccccc2)C2Cc3ccccc3C12. The van der Waals surface area contributed by atoms with Gasteiger partial charge in [-0.25, -0.2) is 0 Å². The van der Waals surface area contributed by atoms with Crippen LogP contribution in [-0.2, 0) is 11.2 Å². The van der Waals surface area contributed by atoms with E-state index in [1.807, 2.05) is 53.4 Å². The van der Waals surface area contributed by atoms with Crippen LogP contribution >= 0.6 is 0 Å². The lowest BCUT2D eigenvalue weighted by Gasteiger charge is -2.01. The third-order valence-corrected chi connectivity index (χ3v) is 4.17. The Balaban J connectivity index is 1.74. The molecule has 98 valence electrons. The number of carbonyl (C=O) groups is 1. The van der Waals surface area contributed by atoms with E-state index >= 15 is 0 Å². The summed E-state index contributed by atoms with van der Waals surface area (Å²) in [5.74, 6) is 0.0679. The lowest BCUT2D eigenvalue weighted by Crippen LogP contribution is -2.30. The van der Waals surface area contributed by atoms with Crippen molar-refractivity contribution in [3.8, 4) is 0 Å². The highest BCUT2D eigenvalue weighted by Crippen LogP contribution is 2.37. The summed E-state index contributed by atoms with van der Waals surface area (Å²) in [5.41, 5.74) is 6.56. The third-order valence-electron chi connectivity index (χ3n) is 4.17. The number of hydrogen-bond donors (Lipinski definition) is 1. The summed E-state index contributed by atoms with van der Waals surface area (Å²) in [6.45, 7) is 0. The molecule has 1 N–H and O–H groups in total. The topological polar surface area (TPSA) is 32.1 Å². The second-order valence-corrected chi connectivity index (χ2v) is 5.37. The Morgan fingerprint density at radius 1 is 1.05 bits per heavy atom. The van der Waals surface area contributed by atoms with Gasteiger partial charge in [0.15, 0.2) is 0 Å². The van der Waals surface area contributed by atoms with Crippen molar-refractivity contribution in [3.05, 3.63) is 71.3 Å². The number of fused-ring (bicyclic) bond motifs is 3. The highest BCUT2D eigenvalue weighted by Gasteiger charge is 2.51. The lowest BCUT2D eigenvalue weighted by atomic mass is 9.99. The molecule has 1 fully saturated rings. The quantitative estimate of drug-likeness (QED) is 0.783. The maximum Gasteiger partial charge on any atom is 0.288 e. The Bertz CT molecular complexity index is 706. The molecule has 0 bridgehead atoms. The minimum absolute atomic E-state index is 0.0360. The molecule has 4 rings (SSSR count). The molecule has 1 aliphatic carbocycles. The van der Waals surface area contributed by atoms with Crippen LogP contribution in [0.15, 0.2) is 54.6 Å². The van der Waals surface area contributed by atoms with Crippen molar-refractivity contribution in [2.24, 2.45) is 0 Å². The van der Waals surface area contributed by atoms with Crippen molar-refractivity contribution in [2.75, 3.05) is 0 Å². The Kier molecular flexibility index (Phi) is 2.46. The van der Waals surface area contributed by atoms with Crippen LogP contribution < -0.4 is 5.43 Å². The van der Waals surface area contributed by atoms with Crippen molar-refractivity contribution >= 4 is 12.1 Å². The maximum absolute atomic E-state index is 12.2. The second kappa shape index (κ2) is 4.30. The normalized spacial score (nSPS) is 25.4. The van der Waals surface area contributed by atoms with Crippen molar-refractivity contribution in [1.82, 2.24) is 5.43 Å². The van der Waals surface area contributed by atoms with Crippen LogP contribution in [-0.4, -0.2) is 22.8 Å². The molecule has 0 aromatic heterocycles. The van der Waals surface area contributed by atoms with Gasteiger partial charge in [-0.2, -0.15) is 0 Å². The molecule has 1 aliphatic heterocycles. The van der Waals surface area contributed by atoms with Crippen LogP contribution in [0.4, 0.5) is 0 Å². The van der Waals surface area contributed by atoms with E-state index in [1.165, 1.54) is 11.1 Å². The number of benzene rings is 2. The summed E-state index contributed by atoms with van der Waals surface area (Å²) in [6.07, 6.45) is 2.94. The molecule has 0 radical (unpaired) electrons. The van der Waals surface area contributed by atoms with Gasteiger partial charge in [0, 0.05) is 12.0 Å². The van der Waals surface area contributed by atoms with Crippen LogP contribution in [0.25, 0.3) is 0 Å². The molecule has 0 saturated carbocycles. The Morgan fingerprint density at radius 3 is 2.65 bits per heavy atom. The fraction of sp³-hybridized carbons (Fsp3) is 0.176. The average molecular weight is 263 g/mol. The zero-order chi connectivity index (χ0) is 13.5. The summed E-state index contributed by atoms with van der Waals surface area (Å²) >= 11 is 0. The van der Waals surface area contributed by atoms with Gasteiger partial charge >= 0.3 is 0 Å². The molecule has 2 unspecified atom stereocenters. The molecule has 3 heteroatoms. The summed E-state index contributed by atoms with van der Waals surface area (Å²) in [6, 6.07) is 18.5. The second-order valence-electron chi connectivity index (χ2n) is 5.37. The van der Waals surface area contributed by atoms with Crippen LogP contribution in [0.5, 0.6) is 0 Å². The van der Waals surface area contributed by atoms with Gasteiger partial charge in [-0.3, -0.25) is 4.79 Å². The van der Waals surface area contributed by atoms with Crippen LogP contribution in [0, 0.1) is 0 Å². The standard InChI is InChI=1S/C17H14N2O/c20-17-16-14-9-5-4-8-13(14)10-15(16)19(18-17)11-12-6-2-1-3-7-12/h1-9,11,15-16H,10H2/p+1/b19-11-. The molecule has 1 saturated heterocycles. The number of hydrogen-bond acceptors (Lipinski definition) is 1. The number of rotatable bonds is 1. The first-order valence-corrected chi connectivity index (χ1v) is 6.89. The van der Waals surface area contributed by atoms with Gasteiger partial charge < -0.3 is 0 Å². The first kappa shape index (κ1) is 11.4. The lowest BCUT2D eigenvalue weighted by molar-refractivity contribution is -0.588. The number of nitrogens with zero attached hydrogens (tertiary/aromatic N) is 1. The van der Waals surface area contributed by atoms with Crippen molar-refractivity contribution in [2.45, 2.75) is 18.4 Å². The summed E-state index contributed by atoms with van der Waals surface area (Å²) in [5, 5.41) is 0. The van der Waals surface area contributed by atoms with Crippen molar-refractivity contribution < 1.29 is 9.48 Å². The van der Waals surface area contributed by atoms with E-state index in [-0.39, 0.29) is 17.9 Å². The van der Waals surface area contributed by atoms with E-state index in [0.717, 1.165) is 12.0 Å². The molecular formula is C17H15N2O+.